The van der Waals surface area contributed by atoms with Crippen molar-refractivity contribution >= 4 is 56.4 Å². The third kappa shape index (κ3) is 3.62. The van der Waals surface area contributed by atoms with Crippen LogP contribution in [0.4, 0.5) is 11.5 Å². The molecule has 25 heavy (non-hydrogen) atoms. The summed E-state index contributed by atoms with van der Waals surface area (Å²) in [5, 5.41) is 5.44. The van der Waals surface area contributed by atoms with Crippen LogP contribution in [0, 0.1) is 0 Å². The molecule has 2 aromatic heterocycles. The first-order valence-corrected chi connectivity index (χ1v) is 8.75. The summed E-state index contributed by atoms with van der Waals surface area (Å²) in [5.74, 6) is -0.0361. The van der Waals surface area contributed by atoms with Crippen LogP contribution in [0.1, 0.15) is 34.6 Å². The number of carbonyl (C=O) groups is 2. The zero-order chi connectivity index (χ0) is 18.0. The highest BCUT2D eigenvalue weighted by atomic mass is 35.5. The zero-order valence-electron chi connectivity index (χ0n) is 13.5. The number of hydrogen-bond acceptors (Lipinski definition) is 7. The third-order valence-corrected chi connectivity index (χ3v) is 4.50. The number of halogens is 1. The number of ketones is 1. The summed E-state index contributed by atoms with van der Waals surface area (Å²) in [6.07, 6.45) is 0. The molecule has 3 rings (SSSR count). The summed E-state index contributed by atoms with van der Waals surface area (Å²) in [6, 6.07) is 6.94. The van der Waals surface area contributed by atoms with E-state index in [4.69, 9.17) is 16.3 Å². The molecule has 0 unspecified atom stereocenters. The van der Waals surface area contributed by atoms with Gasteiger partial charge in [-0.1, -0.05) is 0 Å². The molecular formula is C17H14ClN3O3S. The quantitative estimate of drug-likeness (QED) is 0.402. The van der Waals surface area contributed by atoms with Gasteiger partial charge < -0.3 is 10.1 Å². The highest BCUT2D eigenvalue weighted by molar-refractivity contribution is 7.17. The Hall–Kier alpha value is -2.51. The number of hydrogen-bond donors (Lipinski definition) is 1. The predicted octanol–water partition coefficient (Wildman–Crippen LogP) is 4.47. The minimum Gasteiger partial charge on any atom is -0.462 e. The Bertz CT molecular complexity index is 954. The lowest BCUT2D eigenvalue weighted by Crippen LogP contribution is -2.05. The molecule has 0 atom stereocenters. The van der Waals surface area contributed by atoms with Crippen molar-refractivity contribution in [3.05, 3.63) is 46.1 Å². The van der Waals surface area contributed by atoms with E-state index < -0.39 is 5.97 Å². The van der Waals surface area contributed by atoms with Crippen LogP contribution in [0.3, 0.4) is 0 Å². The fraction of sp³-hybridized carbons (Fsp3) is 0.176. The van der Waals surface area contributed by atoms with Gasteiger partial charge in [0.1, 0.15) is 10.6 Å². The summed E-state index contributed by atoms with van der Waals surface area (Å²) in [6.45, 7) is 3.53. The monoisotopic (exact) mass is 375 g/mol. The van der Waals surface area contributed by atoms with Crippen molar-refractivity contribution in [1.29, 1.82) is 0 Å². The fourth-order valence-corrected chi connectivity index (χ4v) is 3.42. The molecule has 0 aliphatic carbocycles. The van der Waals surface area contributed by atoms with Gasteiger partial charge in [-0.05, 0) is 49.7 Å². The number of fused-ring (bicyclic) bond motifs is 1. The number of ether oxygens (including phenoxy) is 1. The van der Waals surface area contributed by atoms with Crippen molar-refractivity contribution in [3.63, 3.8) is 0 Å². The first-order valence-electron chi connectivity index (χ1n) is 7.49. The SMILES string of the molecule is CCOC(=O)c1csc2nc(Cl)nc(Nc3ccc(C(C)=O)cc3)c12. The molecule has 6 nitrogen and oxygen atoms in total. The van der Waals surface area contributed by atoms with Gasteiger partial charge >= 0.3 is 5.97 Å². The van der Waals surface area contributed by atoms with Crippen molar-refractivity contribution in [3.8, 4) is 0 Å². The molecule has 0 aliphatic heterocycles. The lowest BCUT2D eigenvalue weighted by Gasteiger charge is -2.09. The minimum atomic E-state index is -0.436. The van der Waals surface area contributed by atoms with Gasteiger partial charge in [-0.2, -0.15) is 4.98 Å². The summed E-state index contributed by atoms with van der Waals surface area (Å²) in [5.41, 5.74) is 1.71. The van der Waals surface area contributed by atoms with Gasteiger partial charge in [0.25, 0.3) is 0 Å². The molecule has 0 bridgehead atoms. The van der Waals surface area contributed by atoms with E-state index in [9.17, 15) is 9.59 Å². The van der Waals surface area contributed by atoms with Crippen LogP contribution in [0.15, 0.2) is 29.6 Å². The molecular weight excluding hydrogens is 362 g/mol. The van der Waals surface area contributed by atoms with Gasteiger partial charge in [-0.15, -0.1) is 11.3 Å². The Morgan fingerprint density at radius 2 is 1.96 bits per heavy atom. The van der Waals surface area contributed by atoms with Crippen LogP contribution in [-0.4, -0.2) is 28.3 Å². The molecule has 0 aliphatic rings. The number of benzene rings is 1. The van der Waals surface area contributed by atoms with Gasteiger partial charge in [0.2, 0.25) is 5.28 Å². The number of esters is 1. The Balaban J connectivity index is 2.03. The van der Waals surface area contributed by atoms with Crippen LogP contribution in [-0.2, 0) is 4.74 Å². The van der Waals surface area contributed by atoms with Gasteiger partial charge in [0.05, 0.1) is 17.6 Å². The van der Waals surface area contributed by atoms with Crippen LogP contribution in [0.5, 0.6) is 0 Å². The largest absolute Gasteiger partial charge is 0.462 e. The minimum absolute atomic E-state index is 0.0125. The van der Waals surface area contributed by atoms with Gasteiger partial charge in [-0.25, -0.2) is 9.78 Å². The Morgan fingerprint density at radius 3 is 2.60 bits per heavy atom. The van der Waals surface area contributed by atoms with E-state index in [1.54, 1.807) is 36.6 Å². The van der Waals surface area contributed by atoms with Gasteiger partial charge in [-0.3, -0.25) is 4.79 Å². The summed E-state index contributed by atoms with van der Waals surface area (Å²) >= 11 is 7.28. The standard InChI is InChI=1S/C17H14ClN3O3S/c1-3-24-16(23)12-8-25-15-13(12)14(20-17(18)21-15)19-11-6-4-10(5-7-11)9(2)22/h4-8H,3H2,1-2H3,(H,19,20,21). The predicted molar refractivity (Wildman–Crippen MR) is 98.1 cm³/mol. The molecule has 0 spiro atoms. The number of aromatic nitrogens is 2. The maximum atomic E-state index is 12.2. The van der Waals surface area contributed by atoms with Crippen molar-refractivity contribution in [2.45, 2.75) is 13.8 Å². The van der Waals surface area contributed by atoms with E-state index in [1.165, 1.54) is 18.3 Å². The number of thiophene rings is 1. The molecule has 128 valence electrons. The topological polar surface area (TPSA) is 81.2 Å². The van der Waals surface area contributed by atoms with Crippen molar-refractivity contribution in [2.24, 2.45) is 0 Å². The number of carbonyl (C=O) groups excluding carboxylic acids is 2. The third-order valence-electron chi connectivity index (χ3n) is 3.46. The normalized spacial score (nSPS) is 10.7. The first-order chi connectivity index (χ1) is 12.0. The number of nitrogens with zero attached hydrogens (tertiary/aromatic N) is 2. The van der Waals surface area contributed by atoms with E-state index >= 15 is 0 Å². The second-order valence-corrected chi connectivity index (χ2v) is 6.35. The van der Waals surface area contributed by atoms with E-state index in [0.29, 0.717) is 32.8 Å². The Morgan fingerprint density at radius 1 is 1.24 bits per heavy atom. The second-order valence-electron chi connectivity index (χ2n) is 5.15. The second kappa shape index (κ2) is 7.16. The molecule has 0 fully saturated rings. The van der Waals surface area contributed by atoms with Crippen LogP contribution in [0.2, 0.25) is 5.28 Å². The molecule has 1 N–H and O–H groups in total. The number of rotatable bonds is 5. The Labute approximate surface area is 152 Å². The summed E-state index contributed by atoms with van der Waals surface area (Å²) < 4.78 is 5.09. The first kappa shape index (κ1) is 17.3. The smallest absolute Gasteiger partial charge is 0.339 e. The summed E-state index contributed by atoms with van der Waals surface area (Å²) in [7, 11) is 0. The number of anilines is 2. The average molecular weight is 376 g/mol. The van der Waals surface area contributed by atoms with Crippen molar-refractivity contribution in [1.82, 2.24) is 9.97 Å². The molecule has 2 heterocycles. The molecule has 1 aromatic carbocycles. The van der Waals surface area contributed by atoms with Gasteiger partial charge in [0.15, 0.2) is 5.78 Å². The maximum Gasteiger partial charge on any atom is 0.339 e. The Kier molecular flexibility index (Phi) is 4.96. The fourth-order valence-electron chi connectivity index (χ4n) is 2.29. The van der Waals surface area contributed by atoms with Crippen molar-refractivity contribution in [2.75, 3.05) is 11.9 Å². The average Bonchev–Trinajstić information content (AvgIpc) is 2.99. The molecule has 8 heteroatoms. The van der Waals surface area contributed by atoms with Crippen LogP contribution >= 0.6 is 22.9 Å². The van der Waals surface area contributed by atoms with E-state index in [-0.39, 0.29) is 17.7 Å². The van der Waals surface area contributed by atoms with E-state index in [0.717, 1.165) is 0 Å². The van der Waals surface area contributed by atoms with Crippen LogP contribution in [0.25, 0.3) is 10.2 Å². The molecule has 3 aromatic rings. The van der Waals surface area contributed by atoms with E-state index in [2.05, 4.69) is 15.3 Å². The lowest BCUT2D eigenvalue weighted by molar-refractivity contribution is 0.0529. The number of Topliss-reactive ketones (excluding diaryl/α,β-unsaturated/α-hetero) is 1. The number of nitrogens with one attached hydrogen (secondary N) is 1. The van der Waals surface area contributed by atoms with Crippen LogP contribution < -0.4 is 5.32 Å². The highest BCUT2D eigenvalue weighted by Crippen LogP contribution is 2.33. The van der Waals surface area contributed by atoms with Crippen molar-refractivity contribution < 1.29 is 14.3 Å². The molecule has 0 saturated heterocycles. The van der Waals surface area contributed by atoms with Gasteiger partial charge in [0, 0.05) is 16.6 Å². The zero-order valence-corrected chi connectivity index (χ0v) is 15.1. The molecule has 0 amide bonds. The van der Waals surface area contributed by atoms with E-state index in [1.807, 2.05) is 0 Å². The molecule has 0 saturated carbocycles. The maximum absolute atomic E-state index is 12.2. The highest BCUT2D eigenvalue weighted by Gasteiger charge is 2.19. The molecule has 0 radical (unpaired) electrons. The lowest BCUT2D eigenvalue weighted by atomic mass is 10.1. The summed E-state index contributed by atoms with van der Waals surface area (Å²) in [4.78, 5) is 32.5.